The first-order valence-electron chi connectivity index (χ1n) is 6.20. The molecule has 2 aromatic rings. The summed E-state index contributed by atoms with van der Waals surface area (Å²) < 4.78 is 1.20. The summed E-state index contributed by atoms with van der Waals surface area (Å²) in [7, 11) is 0. The molecule has 0 unspecified atom stereocenters. The molecule has 0 aliphatic rings. The number of hydrogen-bond acceptors (Lipinski definition) is 5. The van der Waals surface area contributed by atoms with Crippen LogP contribution in [0.5, 0.6) is 0 Å². The highest BCUT2D eigenvalue weighted by atomic mass is 32.1. The van der Waals surface area contributed by atoms with Crippen LogP contribution in [0.4, 0.5) is 4.79 Å². The maximum atomic E-state index is 11.7. The van der Waals surface area contributed by atoms with Gasteiger partial charge in [-0.3, -0.25) is 14.9 Å². The van der Waals surface area contributed by atoms with Gasteiger partial charge in [-0.25, -0.2) is 9.48 Å². The minimum Gasteiger partial charge on any atom is -0.351 e. The van der Waals surface area contributed by atoms with Crippen molar-refractivity contribution >= 4 is 23.3 Å². The van der Waals surface area contributed by atoms with E-state index in [2.05, 4.69) is 5.10 Å². The number of aryl methyl sites for hydroxylation is 2. The van der Waals surface area contributed by atoms with E-state index in [9.17, 15) is 14.4 Å². The number of urea groups is 1. The number of imide groups is 1. The lowest BCUT2D eigenvalue weighted by Crippen LogP contribution is -2.36. The van der Waals surface area contributed by atoms with Crippen molar-refractivity contribution < 1.29 is 9.59 Å². The molecule has 0 atom stereocenters. The number of nitrogens with one attached hydrogen (secondary N) is 1. The second-order valence-corrected chi connectivity index (χ2v) is 5.64. The van der Waals surface area contributed by atoms with E-state index in [0.717, 1.165) is 9.75 Å². The normalized spacial score (nSPS) is 10.3. The minimum atomic E-state index is -0.914. The second-order valence-electron chi connectivity index (χ2n) is 4.35. The lowest BCUT2D eigenvalue weighted by atomic mass is 10.3. The largest absolute Gasteiger partial charge is 0.351 e. The van der Waals surface area contributed by atoms with E-state index in [4.69, 9.17) is 5.73 Å². The number of thiophene rings is 1. The first-order chi connectivity index (χ1) is 9.95. The zero-order valence-electron chi connectivity index (χ0n) is 11.3. The van der Waals surface area contributed by atoms with Gasteiger partial charge >= 0.3 is 6.03 Å². The Hall–Kier alpha value is -2.48. The fourth-order valence-electron chi connectivity index (χ4n) is 1.72. The summed E-state index contributed by atoms with van der Waals surface area (Å²) >= 11 is 1.57. The average molecular weight is 306 g/mol. The van der Waals surface area contributed by atoms with E-state index < -0.39 is 11.9 Å². The Morgan fingerprint density at radius 2 is 2.10 bits per heavy atom. The van der Waals surface area contributed by atoms with Gasteiger partial charge in [0, 0.05) is 17.4 Å². The van der Waals surface area contributed by atoms with Crippen LogP contribution in [0, 0.1) is 6.92 Å². The predicted octanol–water partition coefficient (Wildman–Crippen LogP) is 0.865. The van der Waals surface area contributed by atoms with Crippen molar-refractivity contribution in [1.82, 2.24) is 15.1 Å². The maximum absolute atomic E-state index is 11.7. The number of hydrogen-bond donors (Lipinski definition) is 2. The molecule has 3 N–H and O–H groups in total. The summed E-state index contributed by atoms with van der Waals surface area (Å²) in [6.45, 7) is 2.06. The molecule has 0 saturated carbocycles. The SMILES string of the molecule is Cc1ccc(-c2ccc(=O)n(CCC(=O)NC(N)=O)n2)s1. The highest BCUT2D eigenvalue weighted by Crippen LogP contribution is 2.24. The molecule has 3 amide bonds. The number of carbonyl (C=O) groups excluding carboxylic acids is 2. The molecular weight excluding hydrogens is 292 g/mol. The predicted molar refractivity (Wildman–Crippen MR) is 78.9 cm³/mol. The Labute approximate surface area is 124 Å². The summed E-state index contributed by atoms with van der Waals surface area (Å²) in [6.07, 6.45) is -0.0528. The van der Waals surface area contributed by atoms with Crippen LogP contribution in [0.15, 0.2) is 29.1 Å². The Morgan fingerprint density at radius 1 is 1.33 bits per heavy atom. The molecule has 2 rings (SSSR count). The fraction of sp³-hybridized carbons (Fsp3) is 0.231. The molecule has 7 nitrogen and oxygen atoms in total. The summed E-state index contributed by atoms with van der Waals surface area (Å²) in [6, 6.07) is 6.04. The molecule has 0 bridgehead atoms. The monoisotopic (exact) mass is 306 g/mol. The first-order valence-corrected chi connectivity index (χ1v) is 7.01. The van der Waals surface area contributed by atoms with Gasteiger partial charge < -0.3 is 5.73 Å². The quantitative estimate of drug-likeness (QED) is 0.873. The zero-order valence-corrected chi connectivity index (χ0v) is 12.1. The Balaban J connectivity index is 2.14. The Bertz CT molecular complexity index is 735. The van der Waals surface area contributed by atoms with Gasteiger partial charge in [0.2, 0.25) is 5.91 Å². The Kier molecular flexibility index (Phi) is 4.49. The van der Waals surface area contributed by atoms with Crippen molar-refractivity contribution in [2.45, 2.75) is 19.9 Å². The number of amides is 3. The van der Waals surface area contributed by atoms with Gasteiger partial charge in [0.05, 0.1) is 11.4 Å². The number of nitrogens with two attached hydrogens (primary N) is 1. The maximum Gasteiger partial charge on any atom is 0.318 e. The molecule has 8 heteroatoms. The van der Waals surface area contributed by atoms with Crippen LogP contribution in [-0.2, 0) is 11.3 Å². The van der Waals surface area contributed by atoms with Crippen LogP contribution >= 0.6 is 11.3 Å². The molecule has 0 aliphatic carbocycles. The van der Waals surface area contributed by atoms with Crippen molar-refractivity contribution in [2.24, 2.45) is 5.73 Å². The number of carbonyl (C=O) groups is 2. The van der Waals surface area contributed by atoms with E-state index >= 15 is 0 Å². The van der Waals surface area contributed by atoms with E-state index in [1.807, 2.05) is 24.4 Å². The summed E-state index contributed by atoms with van der Waals surface area (Å²) in [5.74, 6) is -0.548. The van der Waals surface area contributed by atoms with Gasteiger partial charge in [-0.1, -0.05) is 0 Å². The van der Waals surface area contributed by atoms with E-state index in [1.54, 1.807) is 17.4 Å². The van der Waals surface area contributed by atoms with Crippen LogP contribution in [0.3, 0.4) is 0 Å². The zero-order chi connectivity index (χ0) is 15.4. The average Bonchev–Trinajstić information content (AvgIpc) is 2.83. The van der Waals surface area contributed by atoms with E-state index in [0.29, 0.717) is 5.69 Å². The van der Waals surface area contributed by atoms with Crippen LogP contribution < -0.4 is 16.6 Å². The third-order valence-electron chi connectivity index (χ3n) is 2.67. The van der Waals surface area contributed by atoms with Gasteiger partial charge in [-0.2, -0.15) is 5.10 Å². The summed E-state index contributed by atoms with van der Waals surface area (Å²) in [5.41, 5.74) is 5.20. The first kappa shape index (κ1) is 14.9. The topological polar surface area (TPSA) is 107 Å². The van der Waals surface area contributed by atoms with Crippen LogP contribution in [0.2, 0.25) is 0 Å². The summed E-state index contributed by atoms with van der Waals surface area (Å²) in [5, 5.41) is 6.17. The smallest absolute Gasteiger partial charge is 0.318 e. The number of primary amides is 1. The number of aromatic nitrogens is 2. The Morgan fingerprint density at radius 3 is 2.71 bits per heavy atom. The molecule has 110 valence electrons. The van der Waals surface area contributed by atoms with Crippen LogP contribution in [-0.4, -0.2) is 21.7 Å². The third kappa shape index (κ3) is 3.99. The van der Waals surface area contributed by atoms with Crippen molar-refractivity contribution in [2.75, 3.05) is 0 Å². The van der Waals surface area contributed by atoms with Gasteiger partial charge in [-0.15, -0.1) is 11.3 Å². The van der Waals surface area contributed by atoms with E-state index in [1.165, 1.54) is 10.7 Å². The molecule has 0 aromatic carbocycles. The van der Waals surface area contributed by atoms with Gasteiger partial charge in [0.1, 0.15) is 5.69 Å². The molecule has 2 heterocycles. The molecule has 0 aliphatic heterocycles. The highest BCUT2D eigenvalue weighted by molar-refractivity contribution is 7.15. The molecule has 0 fully saturated rings. The van der Waals surface area contributed by atoms with Crippen molar-refractivity contribution in [3.05, 3.63) is 39.5 Å². The van der Waals surface area contributed by atoms with Gasteiger partial charge in [0.15, 0.2) is 0 Å². The molecule has 0 saturated heterocycles. The second kappa shape index (κ2) is 6.31. The highest BCUT2D eigenvalue weighted by Gasteiger charge is 2.08. The summed E-state index contributed by atoms with van der Waals surface area (Å²) in [4.78, 5) is 35.7. The molecule has 0 radical (unpaired) electrons. The lowest BCUT2D eigenvalue weighted by molar-refractivity contribution is -0.120. The van der Waals surface area contributed by atoms with Crippen LogP contribution in [0.1, 0.15) is 11.3 Å². The van der Waals surface area contributed by atoms with Crippen molar-refractivity contribution in [1.29, 1.82) is 0 Å². The molecular formula is C13H14N4O3S. The molecule has 2 aromatic heterocycles. The molecule has 0 spiro atoms. The standard InChI is InChI=1S/C13H14N4O3S/c1-8-2-4-10(21-8)9-3-5-12(19)17(16-9)7-6-11(18)15-13(14)20/h2-5H,6-7H2,1H3,(H3,14,15,18,20). The number of rotatable bonds is 4. The molecule has 21 heavy (non-hydrogen) atoms. The third-order valence-corrected chi connectivity index (χ3v) is 3.70. The minimum absolute atomic E-state index is 0.0528. The van der Waals surface area contributed by atoms with Crippen molar-refractivity contribution in [3.8, 4) is 10.6 Å². The number of nitrogens with zero attached hydrogens (tertiary/aromatic N) is 2. The van der Waals surface area contributed by atoms with E-state index in [-0.39, 0.29) is 18.5 Å². The van der Waals surface area contributed by atoms with Crippen LogP contribution in [0.25, 0.3) is 10.6 Å². The lowest BCUT2D eigenvalue weighted by Gasteiger charge is -2.05. The fourth-order valence-corrected chi connectivity index (χ4v) is 2.55. The van der Waals surface area contributed by atoms with Gasteiger partial charge in [0.25, 0.3) is 5.56 Å². The van der Waals surface area contributed by atoms with Crippen molar-refractivity contribution in [3.63, 3.8) is 0 Å². The van der Waals surface area contributed by atoms with Gasteiger partial charge in [-0.05, 0) is 25.1 Å².